The fourth-order valence-corrected chi connectivity index (χ4v) is 3.25. The molecule has 0 radical (unpaired) electrons. The summed E-state index contributed by atoms with van der Waals surface area (Å²) in [6, 6.07) is 11.4. The number of halogens is 3. The van der Waals surface area contributed by atoms with E-state index in [0.717, 1.165) is 38.4 Å². The first-order valence-electron chi connectivity index (χ1n) is 8.49. The van der Waals surface area contributed by atoms with Gasteiger partial charge in [-0.2, -0.15) is 0 Å². The number of anilines is 1. The van der Waals surface area contributed by atoms with Crippen LogP contribution in [0.2, 0.25) is 10.0 Å². The van der Waals surface area contributed by atoms with Crippen LogP contribution < -0.4 is 10.2 Å². The number of hydrogen-bond acceptors (Lipinski definition) is 3. The Hall–Kier alpha value is -1.82. The highest BCUT2D eigenvalue weighted by Gasteiger charge is 2.17. The van der Waals surface area contributed by atoms with E-state index in [-0.39, 0.29) is 11.7 Å². The Bertz CT molecular complexity index is 762. The van der Waals surface area contributed by atoms with E-state index in [0.29, 0.717) is 22.2 Å². The summed E-state index contributed by atoms with van der Waals surface area (Å²) in [5, 5.41) is 3.71. The lowest BCUT2D eigenvalue weighted by Crippen LogP contribution is -2.48. The lowest BCUT2D eigenvalue weighted by Gasteiger charge is -2.36. The van der Waals surface area contributed by atoms with Crippen molar-refractivity contribution >= 4 is 34.8 Å². The Kier molecular flexibility index (Phi) is 6.35. The number of benzene rings is 2. The first-order valence-corrected chi connectivity index (χ1v) is 9.24. The van der Waals surface area contributed by atoms with E-state index >= 15 is 0 Å². The molecule has 0 aromatic heterocycles. The summed E-state index contributed by atoms with van der Waals surface area (Å²) < 4.78 is 13.0. The van der Waals surface area contributed by atoms with Gasteiger partial charge in [-0.05, 0) is 42.5 Å². The average Bonchev–Trinajstić information content (AvgIpc) is 2.65. The number of nitrogens with one attached hydrogen (secondary N) is 1. The molecule has 1 amide bonds. The number of nitrogens with zero attached hydrogens (tertiary/aromatic N) is 2. The van der Waals surface area contributed by atoms with E-state index in [4.69, 9.17) is 23.2 Å². The van der Waals surface area contributed by atoms with Gasteiger partial charge >= 0.3 is 0 Å². The van der Waals surface area contributed by atoms with Crippen molar-refractivity contribution in [3.05, 3.63) is 63.9 Å². The van der Waals surface area contributed by atoms with Crippen molar-refractivity contribution in [3.8, 4) is 0 Å². The minimum atomic E-state index is -0.217. The normalized spacial score (nSPS) is 15.1. The van der Waals surface area contributed by atoms with Gasteiger partial charge in [-0.15, -0.1) is 0 Å². The van der Waals surface area contributed by atoms with Gasteiger partial charge in [-0.25, -0.2) is 4.39 Å². The van der Waals surface area contributed by atoms with E-state index in [1.165, 1.54) is 12.1 Å². The smallest absolute Gasteiger partial charge is 0.251 e. The molecule has 0 atom stereocenters. The van der Waals surface area contributed by atoms with Gasteiger partial charge in [0, 0.05) is 50.5 Å². The summed E-state index contributed by atoms with van der Waals surface area (Å²) in [6.45, 7) is 4.92. The van der Waals surface area contributed by atoms with Crippen molar-refractivity contribution in [2.75, 3.05) is 44.2 Å². The Morgan fingerprint density at radius 3 is 2.35 bits per heavy atom. The second kappa shape index (κ2) is 8.71. The Balaban J connectivity index is 1.41. The third kappa shape index (κ3) is 4.87. The molecule has 0 spiro atoms. The largest absolute Gasteiger partial charge is 0.369 e. The predicted molar refractivity (Wildman–Crippen MR) is 104 cm³/mol. The first-order chi connectivity index (χ1) is 12.5. The highest BCUT2D eigenvalue weighted by atomic mass is 35.5. The average molecular weight is 396 g/mol. The van der Waals surface area contributed by atoms with Crippen LogP contribution in [0.25, 0.3) is 0 Å². The van der Waals surface area contributed by atoms with Crippen molar-refractivity contribution in [2.24, 2.45) is 0 Å². The van der Waals surface area contributed by atoms with Crippen LogP contribution in [0.15, 0.2) is 42.5 Å². The molecule has 1 aliphatic rings. The Labute approximate surface area is 162 Å². The second-order valence-corrected chi connectivity index (χ2v) is 7.00. The van der Waals surface area contributed by atoms with Gasteiger partial charge in [0.25, 0.3) is 5.91 Å². The zero-order valence-electron chi connectivity index (χ0n) is 14.2. The summed E-state index contributed by atoms with van der Waals surface area (Å²) in [7, 11) is 0. The Morgan fingerprint density at radius 1 is 1.00 bits per heavy atom. The minimum absolute atomic E-state index is 0.159. The molecule has 2 aromatic rings. The molecule has 1 fully saturated rings. The van der Waals surface area contributed by atoms with Gasteiger partial charge in [-0.3, -0.25) is 9.69 Å². The third-order valence-corrected chi connectivity index (χ3v) is 5.20. The standard InChI is InChI=1S/C19H20Cl2FN3O/c20-17-6-1-14(13-18(17)21)19(26)23-7-8-24-9-11-25(12-10-24)16-4-2-15(22)3-5-16/h1-6,13H,7-12H2,(H,23,26). The maximum atomic E-state index is 13.0. The lowest BCUT2D eigenvalue weighted by molar-refractivity contribution is 0.0948. The van der Waals surface area contributed by atoms with Crippen LogP contribution >= 0.6 is 23.2 Å². The quantitative estimate of drug-likeness (QED) is 0.838. The highest BCUT2D eigenvalue weighted by molar-refractivity contribution is 6.42. The molecule has 138 valence electrons. The fraction of sp³-hybridized carbons (Fsp3) is 0.316. The predicted octanol–water partition coefficient (Wildman–Crippen LogP) is 3.68. The molecule has 2 aromatic carbocycles. The SMILES string of the molecule is O=C(NCCN1CCN(c2ccc(F)cc2)CC1)c1ccc(Cl)c(Cl)c1. The van der Waals surface area contributed by atoms with Gasteiger partial charge in [0.2, 0.25) is 0 Å². The van der Waals surface area contributed by atoms with Crippen LogP contribution in [-0.4, -0.2) is 50.1 Å². The van der Waals surface area contributed by atoms with Crippen LogP contribution in [0.4, 0.5) is 10.1 Å². The second-order valence-electron chi connectivity index (χ2n) is 6.19. The number of carbonyl (C=O) groups excluding carboxylic acids is 1. The molecule has 26 heavy (non-hydrogen) atoms. The number of amides is 1. The minimum Gasteiger partial charge on any atom is -0.369 e. The molecular weight excluding hydrogens is 376 g/mol. The van der Waals surface area contributed by atoms with Crippen LogP contribution in [-0.2, 0) is 0 Å². The lowest BCUT2D eigenvalue weighted by atomic mass is 10.2. The van der Waals surface area contributed by atoms with Gasteiger partial charge in [0.15, 0.2) is 0 Å². The van der Waals surface area contributed by atoms with Gasteiger partial charge in [-0.1, -0.05) is 23.2 Å². The van der Waals surface area contributed by atoms with Crippen molar-refractivity contribution < 1.29 is 9.18 Å². The van der Waals surface area contributed by atoms with Crippen molar-refractivity contribution in [2.45, 2.75) is 0 Å². The van der Waals surface area contributed by atoms with E-state index in [9.17, 15) is 9.18 Å². The molecule has 1 aliphatic heterocycles. The van der Waals surface area contributed by atoms with Crippen LogP contribution in [0.1, 0.15) is 10.4 Å². The molecule has 1 saturated heterocycles. The van der Waals surface area contributed by atoms with E-state index in [2.05, 4.69) is 15.1 Å². The number of piperazine rings is 1. The van der Waals surface area contributed by atoms with Crippen molar-refractivity contribution in [1.82, 2.24) is 10.2 Å². The zero-order chi connectivity index (χ0) is 18.5. The molecular formula is C19H20Cl2FN3O. The van der Waals surface area contributed by atoms with Gasteiger partial charge in [0.1, 0.15) is 5.82 Å². The summed E-state index contributed by atoms with van der Waals surface area (Å²) in [6.07, 6.45) is 0. The van der Waals surface area contributed by atoms with Gasteiger partial charge < -0.3 is 10.2 Å². The van der Waals surface area contributed by atoms with E-state index in [1.54, 1.807) is 18.2 Å². The third-order valence-electron chi connectivity index (χ3n) is 4.46. The number of hydrogen-bond donors (Lipinski definition) is 1. The molecule has 1 heterocycles. The molecule has 0 aliphatic carbocycles. The summed E-state index contributed by atoms with van der Waals surface area (Å²) in [5.74, 6) is -0.376. The van der Waals surface area contributed by atoms with Crippen molar-refractivity contribution in [1.29, 1.82) is 0 Å². The fourth-order valence-electron chi connectivity index (χ4n) is 2.95. The Morgan fingerprint density at radius 2 is 1.69 bits per heavy atom. The van der Waals surface area contributed by atoms with Gasteiger partial charge in [0.05, 0.1) is 10.0 Å². The zero-order valence-corrected chi connectivity index (χ0v) is 15.7. The molecule has 0 unspecified atom stereocenters. The molecule has 3 rings (SSSR count). The molecule has 4 nitrogen and oxygen atoms in total. The monoisotopic (exact) mass is 395 g/mol. The maximum absolute atomic E-state index is 13.0. The molecule has 7 heteroatoms. The molecule has 1 N–H and O–H groups in total. The van der Waals surface area contributed by atoms with E-state index in [1.807, 2.05) is 12.1 Å². The van der Waals surface area contributed by atoms with Crippen LogP contribution in [0, 0.1) is 5.82 Å². The topological polar surface area (TPSA) is 35.6 Å². The summed E-state index contributed by atoms with van der Waals surface area (Å²) in [4.78, 5) is 16.7. The summed E-state index contributed by atoms with van der Waals surface area (Å²) in [5.41, 5.74) is 1.54. The van der Waals surface area contributed by atoms with Crippen LogP contribution in [0.3, 0.4) is 0 Å². The maximum Gasteiger partial charge on any atom is 0.251 e. The summed E-state index contributed by atoms with van der Waals surface area (Å²) >= 11 is 11.8. The number of rotatable bonds is 5. The highest BCUT2D eigenvalue weighted by Crippen LogP contribution is 2.22. The first kappa shape index (κ1) is 19.0. The molecule has 0 saturated carbocycles. The van der Waals surface area contributed by atoms with Crippen molar-refractivity contribution in [3.63, 3.8) is 0 Å². The van der Waals surface area contributed by atoms with Crippen LogP contribution in [0.5, 0.6) is 0 Å². The van der Waals surface area contributed by atoms with E-state index < -0.39 is 0 Å². The number of carbonyl (C=O) groups is 1. The molecule has 0 bridgehead atoms.